The SMILES string of the molecule is CCC(CC)N(CCO)C(=O)CCC1CCCO1. The van der Waals surface area contributed by atoms with Crippen LogP contribution in [0.1, 0.15) is 52.4 Å². The van der Waals surface area contributed by atoms with Crippen molar-refractivity contribution in [3.05, 3.63) is 0 Å². The van der Waals surface area contributed by atoms with Crippen LogP contribution < -0.4 is 0 Å². The molecular formula is C14H27NO3. The first-order chi connectivity index (χ1) is 8.72. The lowest BCUT2D eigenvalue weighted by Crippen LogP contribution is -2.41. The van der Waals surface area contributed by atoms with Gasteiger partial charge in [-0.25, -0.2) is 0 Å². The van der Waals surface area contributed by atoms with E-state index >= 15 is 0 Å². The van der Waals surface area contributed by atoms with E-state index in [0.717, 1.165) is 38.7 Å². The molecule has 1 atom stereocenters. The van der Waals surface area contributed by atoms with E-state index in [2.05, 4.69) is 13.8 Å². The first kappa shape index (κ1) is 15.4. The molecule has 1 heterocycles. The van der Waals surface area contributed by atoms with E-state index in [1.807, 2.05) is 4.90 Å². The van der Waals surface area contributed by atoms with Gasteiger partial charge in [0, 0.05) is 25.6 Å². The summed E-state index contributed by atoms with van der Waals surface area (Å²) in [7, 11) is 0. The lowest BCUT2D eigenvalue weighted by atomic mass is 10.1. The first-order valence-corrected chi connectivity index (χ1v) is 7.24. The highest BCUT2D eigenvalue weighted by atomic mass is 16.5. The van der Waals surface area contributed by atoms with Crippen molar-refractivity contribution in [1.82, 2.24) is 4.90 Å². The number of carbonyl (C=O) groups is 1. The average Bonchev–Trinajstić information content (AvgIpc) is 2.89. The molecule has 0 spiro atoms. The number of amides is 1. The summed E-state index contributed by atoms with van der Waals surface area (Å²) >= 11 is 0. The number of hydrogen-bond acceptors (Lipinski definition) is 3. The summed E-state index contributed by atoms with van der Waals surface area (Å²) in [5, 5.41) is 9.09. The Hall–Kier alpha value is -0.610. The Kier molecular flexibility index (Phi) is 7.28. The Morgan fingerprint density at radius 1 is 1.44 bits per heavy atom. The van der Waals surface area contributed by atoms with Crippen LogP contribution in [0.3, 0.4) is 0 Å². The Bertz CT molecular complexity index is 235. The second kappa shape index (κ2) is 8.48. The molecule has 106 valence electrons. The van der Waals surface area contributed by atoms with Gasteiger partial charge in [-0.1, -0.05) is 13.8 Å². The molecule has 1 unspecified atom stereocenters. The van der Waals surface area contributed by atoms with Gasteiger partial charge >= 0.3 is 0 Å². The number of ether oxygens (including phenoxy) is 1. The molecule has 0 radical (unpaired) electrons. The van der Waals surface area contributed by atoms with E-state index < -0.39 is 0 Å². The molecule has 1 N–H and O–H groups in total. The largest absolute Gasteiger partial charge is 0.395 e. The molecule has 1 fully saturated rings. The van der Waals surface area contributed by atoms with E-state index in [4.69, 9.17) is 9.84 Å². The first-order valence-electron chi connectivity index (χ1n) is 7.24. The maximum absolute atomic E-state index is 12.2. The normalized spacial score (nSPS) is 19.4. The van der Waals surface area contributed by atoms with E-state index in [9.17, 15) is 4.79 Å². The molecule has 1 amide bonds. The second-order valence-corrected chi connectivity index (χ2v) is 4.95. The summed E-state index contributed by atoms with van der Waals surface area (Å²) in [6, 6.07) is 0.258. The molecule has 0 aromatic carbocycles. The maximum atomic E-state index is 12.2. The number of carbonyl (C=O) groups excluding carboxylic acids is 1. The van der Waals surface area contributed by atoms with E-state index in [0.29, 0.717) is 13.0 Å². The van der Waals surface area contributed by atoms with Gasteiger partial charge in [0.15, 0.2) is 0 Å². The average molecular weight is 257 g/mol. The van der Waals surface area contributed by atoms with Gasteiger partial charge in [0.1, 0.15) is 0 Å². The maximum Gasteiger partial charge on any atom is 0.222 e. The van der Waals surface area contributed by atoms with Gasteiger partial charge in [0.05, 0.1) is 12.7 Å². The molecule has 1 aliphatic heterocycles. The van der Waals surface area contributed by atoms with Crippen molar-refractivity contribution in [2.75, 3.05) is 19.8 Å². The molecule has 0 bridgehead atoms. The summed E-state index contributed by atoms with van der Waals surface area (Å²) in [6.07, 6.45) is 5.72. The smallest absolute Gasteiger partial charge is 0.222 e. The zero-order valence-electron chi connectivity index (χ0n) is 11.7. The number of aliphatic hydroxyl groups excluding tert-OH is 1. The third-order valence-electron chi connectivity index (χ3n) is 3.75. The van der Waals surface area contributed by atoms with Gasteiger partial charge in [-0.2, -0.15) is 0 Å². The molecular weight excluding hydrogens is 230 g/mol. The van der Waals surface area contributed by atoms with Crippen LogP contribution in [0, 0.1) is 0 Å². The van der Waals surface area contributed by atoms with Crippen LogP contribution in [0.2, 0.25) is 0 Å². The predicted molar refractivity (Wildman–Crippen MR) is 71.4 cm³/mol. The highest BCUT2D eigenvalue weighted by Gasteiger charge is 2.22. The van der Waals surface area contributed by atoms with Crippen LogP contribution in [-0.4, -0.2) is 47.8 Å². The van der Waals surface area contributed by atoms with E-state index in [-0.39, 0.29) is 24.7 Å². The Balaban J connectivity index is 2.42. The summed E-state index contributed by atoms with van der Waals surface area (Å²) < 4.78 is 5.54. The quantitative estimate of drug-likeness (QED) is 0.723. The van der Waals surface area contributed by atoms with Crippen molar-refractivity contribution in [2.45, 2.75) is 64.5 Å². The van der Waals surface area contributed by atoms with Gasteiger partial charge in [-0.3, -0.25) is 4.79 Å². The molecule has 1 aliphatic rings. The number of rotatable bonds is 8. The Labute approximate surface area is 110 Å². The monoisotopic (exact) mass is 257 g/mol. The Morgan fingerprint density at radius 3 is 2.67 bits per heavy atom. The van der Waals surface area contributed by atoms with Crippen molar-refractivity contribution in [3.63, 3.8) is 0 Å². The van der Waals surface area contributed by atoms with Crippen LogP contribution in [-0.2, 0) is 9.53 Å². The van der Waals surface area contributed by atoms with Crippen LogP contribution >= 0.6 is 0 Å². The molecule has 4 heteroatoms. The summed E-state index contributed by atoms with van der Waals surface area (Å²) in [5.41, 5.74) is 0. The van der Waals surface area contributed by atoms with Crippen molar-refractivity contribution in [2.24, 2.45) is 0 Å². The number of nitrogens with zero attached hydrogens (tertiary/aromatic N) is 1. The molecule has 4 nitrogen and oxygen atoms in total. The molecule has 1 saturated heterocycles. The summed E-state index contributed by atoms with van der Waals surface area (Å²) in [6.45, 7) is 5.52. The molecule has 0 saturated carbocycles. The van der Waals surface area contributed by atoms with Crippen molar-refractivity contribution >= 4 is 5.91 Å². The minimum Gasteiger partial charge on any atom is -0.395 e. The number of aliphatic hydroxyl groups is 1. The molecule has 0 aliphatic carbocycles. The predicted octanol–water partition coefficient (Wildman–Crippen LogP) is 1.96. The van der Waals surface area contributed by atoms with Crippen molar-refractivity contribution in [3.8, 4) is 0 Å². The van der Waals surface area contributed by atoms with E-state index in [1.54, 1.807) is 0 Å². The fraction of sp³-hybridized carbons (Fsp3) is 0.929. The number of hydrogen-bond donors (Lipinski definition) is 1. The lowest BCUT2D eigenvalue weighted by Gasteiger charge is -2.30. The highest BCUT2D eigenvalue weighted by molar-refractivity contribution is 5.76. The van der Waals surface area contributed by atoms with E-state index in [1.165, 1.54) is 0 Å². The third kappa shape index (κ3) is 4.58. The molecule has 18 heavy (non-hydrogen) atoms. The minimum atomic E-state index is 0.0438. The fourth-order valence-corrected chi connectivity index (χ4v) is 2.65. The van der Waals surface area contributed by atoms with Gasteiger partial charge in [-0.15, -0.1) is 0 Å². The zero-order valence-corrected chi connectivity index (χ0v) is 11.7. The van der Waals surface area contributed by atoms with Crippen LogP contribution in [0.15, 0.2) is 0 Å². The summed E-state index contributed by atoms with van der Waals surface area (Å²) in [4.78, 5) is 14.1. The van der Waals surface area contributed by atoms with Crippen molar-refractivity contribution < 1.29 is 14.6 Å². The zero-order chi connectivity index (χ0) is 13.4. The van der Waals surface area contributed by atoms with Gasteiger partial charge in [0.25, 0.3) is 0 Å². The van der Waals surface area contributed by atoms with Gasteiger partial charge in [-0.05, 0) is 32.1 Å². The van der Waals surface area contributed by atoms with Crippen molar-refractivity contribution in [1.29, 1.82) is 0 Å². The second-order valence-electron chi connectivity index (χ2n) is 4.95. The van der Waals surface area contributed by atoms with Crippen LogP contribution in [0.25, 0.3) is 0 Å². The topological polar surface area (TPSA) is 49.8 Å². The summed E-state index contributed by atoms with van der Waals surface area (Å²) in [5.74, 6) is 0.160. The highest BCUT2D eigenvalue weighted by Crippen LogP contribution is 2.18. The molecule has 0 aromatic rings. The molecule has 0 aromatic heterocycles. The van der Waals surface area contributed by atoms with Crippen LogP contribution in [0.5, 0.6) is 0 Å². The fourth-order valence-electron chi connectivity index (χ4n) is 2.65. The Morgan fingerprint density at radius 2 is 2.17 bits per heavy atom. The van der Waals surface area contributed by atoms with Crippen LogP contribution in [0.4, 0.5) is 0 Å². The lowest BCUT2D eigenvalue weighted by molar-refractivity contribution is -0.135. The standard InChI is InChI=1S/C14H27NO3/c1-3-12(4-2)15(9-10-16)14(17)8-7-13-6-5-11-18-13/h12-13,16H,3-11H2,1-2H3. The minimum absolute atomic E-state index is 0.0438. The third-order valence-corrected chi connectivity index (χ3v) is 3.75. The van der Waals surface area contributed by atoms with Gasteiger partial charge < -0.3 is 14.7 Å². The van der Waals surface area contributed by atoms with Gasteiger partial charge in [0.2, 0.25) is 5.91 Å². The molecule has 1 rings (SSSR count).